The van der Waals surface area contributed by atoms with Crippen LogP contribution in [0.15, 0.2) is 54.6 Å². The van der Waals surface area contributed by atoms with Gasteiger partial charge in [-0.2, -0.15) is 0 Å². The minimum absolute atomic E-state index is 0.334. The largest absolute Gasteiger partial charge is 0.467 e. The maximum Gasteiger partial charge on any atom is 0.335 e. The van der Waals surface area contributed by atoms with Crippen molar-refractivity contribution >= 4 is 34.0 Å². The first-order valence-electron chi connectivity index (χ1n) is 8.17. The summed E-state index contributed by atoms with van der Waals surface area (Å²) in [6.45, 7) is 1.93. The predicted molar refractivity (Wildman–Crippen MR) is 103 cm³/mol. The van der Waals surface area contributed by atoms with E-state index in [9.17, 15) is 9.59 Å². The molecule has 3 aromatic rings. The lowest BCUT2D eigenvalue weighted by Gasteiger charge is -2.13. The maximum absolute atomic E-state index is 12.5. The van der Waals surface area contributed by atoms with Crippen LogP contribution in [-0.4, -0.2) is 29.2 Å². The van der Waals surface area contributed by atoms with E-state index in [1.54, 1.807) is 12.1 Å². The maximum atomic E-state index is 12.5. The van der Waals surface area contributed by atoms with Gasteiger partial charge in [0.1, 0.15) is 0 Å². The van der Waals surface area contributed by atoms with Crippen molar-refractivity contribution < 1.29 is 14.3 Å². The zero-order valence-electron chi connectivity index (χ0n) is 14.8. The summed E-state index contributed by atoms with van der Waals surface area (Å²) in [4.78, 5) is 24.7. The molecule has 0 saturated heterocycles. The third kappa shape index (κ3) is 4.68. The molecule has 1 aromatic heterocycles. The van der Waals surface area contributed by atoms with Crippen molar-refractivity contribution in [3.05, 3.63) is 70.7 Å². The van der Waals surface area contributed by atoms with E-state index in [2.05, 4.69) is 20.8 Å². The van der Waals surface area contributed by atoms with Crippen molar-refractivity contribution in [3.8, 4) is 0 Å². The third-order valence-electron chi connectivity index (χ3n) is 3.74. The van der Waals surface area contributed by atoms with Crippen LogP contribution in [0.5, 0.6) is 0 Å². The number of carbonyl (C=O) groups is 2. The molecule has 0 aliphatic rings. The Kier molecular flexibility index (Phi) is 5.77. The quantitative estimate of drug-likeness (QED) is 0.636. The van der Waals surface area contributed by atoms with Crippen molar-refractivity contribution in [1.82, 2.24) is 15.5 Å². The summed E-state index contributed by atoms with van der Waals surface area (Å²) in [5.74, 6) is -1.00. The number of rotatable bonds is 6. The van der Waals surface area contributed by atoms with Gasteiger partial charge in [0, 0.05) is 11.3 Å². The normalized spacial score (nSPS) is 11.5. The number of hydrogen-bond acceptors (Lipinski definition) is 7. The Labute approximate surface area is 160 Å². The number of nitrogens with zero attached hydrogens (tertiary/aromatic N) is 2. The van der Waals surface area contributed by atoms with Crippen LogP contribution in [0.1, 0.15) is 27.0 Å². The fourth-order valence-electron chi connectivity index (χ4n) is 2.31. The Bertz CT molecular complexity index is 926. The first-order chi connectivity index (χ1) is 13.1. The van der Waals surface area contributed by atoms with Crippen LogP contribution in [0.4, 0.5) is 10.8 Å². The molecule has 1 unspecified atom stereocenters. The van der Waals surface area contributed by atoms with Gasteiger partial charge >= 0.3 is 5.97 Å². The minimum Gasteiger partial charge on any atom is -0.467 e. The Morgan fingerprint density at radius 3 is 2.41 bits per heavy atom. The summed E-state index contributed by atoms with van der Waals surface area (Å²) < 4.78 is 4.82. The van der Waals surface area contributed by atoms with E-state index < -0.39 is 17.9 Å². The number of nitrogens with one attached hydrogen (secondary N) is 2. The number of aromatic nitrogens is 2. The molecule has 138 valence electrons. The van der Waals surface area contributed by atoms with E-state index in [0.29, 0.717) is 15.7 Å². The number of methoxy groups -OCH3 is 1. The van der Waals surface area contributed by atoms with Crippen LogP contribution in [0.2, 0.25) is 0 Å². The molecule has 2 aromatic carbocycles. The molecule has 0 radical (unpaired) electrons. The molecule has 0 saturated carbocycles. The molecular weight excluding hydrogens is 364 g/mol. The average molecular weight is 382 g/mol. The van der Waals surface area contributed by atoms with Gasteiger partial charge in [-0.05, 0) is 31.2 Å². The lowest BCUT2D eigenvalue weighted by atomic mass is 10.1. The monoisotopic (exact) mass is 382 g/mol. The van der Waals surface area contributed by atoms with Crippen molar-refractivity contribution in [3.63, 3.8) is 0 Å². The molecule has 0 aliphatic carbocycles. The van der Waals surface area contributed by atoms with Crippen LogP contribution in [0.3, 0.4) is 0 Å². The van der Waals surface area contributed by atoms with Gasteiger partial charge in [0.25, 0.3) is 5.91 Å². The molecule has 1 atom stereocenters. The SMILES string of the molecule is COC(=O)C(NC(=O)c1ccc(C)cc1)c1nnc(Nc2ccccc2)s1. The van der Waals surface area contributed by atoms with Gasteiger partial charge < -0.3 is 15.4 Å². The Balaban J connectivity index is 1.78. The topological polar surface area (TPSA) is 93.2 Å². The second-order valence-corrected chi connectivity index (χ2v) is 6.74. The molecule has 1 amide bonds. The van der Waals surface area contributed by atoms with Crippen LogP contribution < -0.4 is 10.6 Å². The van der Waals surface area contributed by atoms with Gasteiger partial charge in [-0.25, -0.2) is 4.79 Å². The fourth-order valence-corrected chi connectivity index (χ4v) is 3.11. The number of carbonyl (C=O) groups excluding carboxylic acids is 2. The second-order valence-electron chi connectivity index (χ2n) is 5.73. The summed E-state index contributed by atoms with van der Waals surface area (Å²) in [5.41, 5.74) is 2.33. The number of amides is 1. The average Bonchev–Trinajstić information content (AvgIpc) is 3.14. The molecule has 27 heavy (non-hydrogen) atoms. The Morgan fingerprint density at radius 2 is 1.74 bits per heavy atom. The van der Waals surface area contributed by atoms with Gasteiger partial charge in [-0.1, -0.05) is 47.2 Å². The summed E-state index contributed by atoms with van der Waals surface area (Å²) in [6.07, 6.45) is 0. The molecule has 8 heteroatoms. The van der Waals surface area contributed by atoms with E-state index in [4.69, 9.17) is 4.74 Å². The number of ether oxygens (including phenoxy) is 1. The number of hydrogen-bond donors (Lipinski definition) is 2. The van der Waals surface area contributed by atoms with Crippen molar-refractivity contribution in [2.24, 2.45) is 0 Å². The predicted octanol–water partition coefficient (Wildman–Crippen LogP) is 3.23. The highest BCUT2D eigenvalue weighted by atomic mass is 32.1. The highest BCUT2D eigenvalue weighted by Gasteiger charge is 2.28. The van der Waals surface area contributed by atoms with Crippen LogP contribution in [0.25, 0.3) is 0 Å². The lowest BCUT2D eigenvalue weighted by Crippen LogP contribution is -2.34. The first kappa shape index (κ1) is 18.5. The minimum atomic E-state index is -1.03. The number of anilines is 2. The molecule has 0 aliphatic heterocycles. The molecule has 0 bridgehead atoms. The van der Waals surface area contributed by atoms with Gasteiger partial charge in [-0.3, -0.25) is 4.79 Å². The summed E-state index contributed by atoms with van der Waals surface area (Å²) in [5, 5.41) is 14.7. The van der Waals surface area contributed by atoms with E-state index in [-0.39, 0.29) is 0 Å². The van der Waals surface area contributed by atoms with Crippen molar-refractivity contribution in [2.45, 2.75) is 13.0 Å². The number of benzene rings is 2. The zero-order valence-corrected chi connectivity index (χ0v) is 15.6. The van der Waals surface area contributed by atoms with Crippen molar-refractivity contribution in [1.29, 1.82) is 0 Å². The highest BCUT2D eigenvalue weighted by Crippen LogP contribution is 2.25. The molecule has 3 rings (SSSR count). The van der Waals surface area contributed by atoms with Crippen LogP contribution in [0, 0.1) is 6.92 Å². The van der Waals surface area contributed by atoms with Crippen LogP contribution >= 0.6 is 11.3 Å². The van der Waals surface area contributed by atoms with E-state index >= 15 is 0 Å². The summed E-state index contributed by atoms with van der Waals surface area (Å²) >= 11 is 1.17. The zero-order chi connectivity index (χ0) is 19.2. The fraction of sp³-hybridized carbons (Fsp3) is 0.158. The number of para-hydroxylation sites is 1. The lowest BCUT2D eigenvalue weighted by molar-refractivity contribution is -0.143. The van der Waals surface area contributed by atoms with Crippen molar-refractivity contribution in [2.75, 3.05) is 12.4 Å². The van der Waals surface area contributed by atoms with E-state index in [0.717, 1.165) is 11.3 Å². The van der Waals surface area contributed by atoms with Gasteiger partial charge in [0.05, 0.1) is 7.11 Å². The van der Waals surface area contributed by atoms with E-state index in [1.165, 1.54) is 18.4 Å². The molecule has 2 N–H and O–H groups in total. The summed E-state index contributed by atoms with van der Waals surface area (Å²) in [6, 6.07) is 15.5. The second kappa shape index (κ2) is 8.41. The standard InChI is InChI=1S/C19H18N4O3S/c1-12-8-10-13(11-9-12)16(24)21-15(18(25)26-2)17-22-23-19(27-17)20-14-6-4-3-5-7-14/h3-11,15H,1-2H3,(H,20,23)(H,21,24). The molecular formula is C19H18N4O3S. The molecule has 0 fully saturated rings. The summed E-state index contributed by atoms with van der Waals surface area (Å²) in [7, 11) is 1.26. The first-order valence-corrected chi connectivity index (χ1v) is 8.99. The number of aryl methyl sites for hydroxylation is 1. The highest BCUT2D eigenvalue weighted by molar-refractivity contribution is 7.15. The van der Waals surface area contributed by atoms with Crippen LogP contribution in [-0.2, 0) is 9.53 Å². The van der Waals surface area contributed by atoms with Gasteiger partial charge in [-0.15, -0.1) is 10.2 Å². The Morgan fingerprint density at radius 1 is 1.04 bits per heavy atom. The van der Waals surface area contributed by atoms with Gasteiger partial charge in [0.2, 0.25) is 5.13 Å². The number of esters is 1. The molecule has 7 nitrogen and oxygen atoms in total. The van der Waals surface area contributed by atoms with E-state index in [1.807, 2.05) is 49.4 Å². The third-order valence-corrected chi connectivity index (χ3v) is 4.64. The molecule has 1 heterocycles. The Hall–Kier alpha value is -3.26. The molecule has 0 spiro atoms. The smallest absolute Gasteiger partial charge is 0.335 e. The van der Waals surface area contributed by atoms with Gasteiger partial charge in [0.15, 0.2) is 11.0 Å².